The van der Waals surface area contributed by atoms with Gasteiger partial charge in [0, 0.05) is 22.3 Å². The number of phenolic OH excluding ortho intramolecular Hbond substituents is 2. The van der Waals surface area contributed by atoms with Gasteiger partial charge in [0.05, 0.1) is 7.11 Å². The molecule has 0 heterocycles. The zero-order chi connectivity index (χ0) is 27.0. The highest BCUT2D eigenvalue weighted by Gasteiger charge is 2.28. The van der Waals surface area contributed by atoms with E-state index in [0.29, 0.717) is 11.5 Å². The van der Waals surface area contributed by atoms with Crippen LogP contribution in [-0.2, 0) is 10.8 Å². The maximum Gasteiger partial charge on any atom is 0.119 e. The van der Waals surface area contributed by atoms with Crippen molar-refractivity contribution in [2.24, 2.45) is 0 Å². The van der Waals surface area contributed by atoms with Crippen molar-refractivity contribution in [1.29, 1.82) is 0 Å². The summed E-state index contributed by atoms with van der Waals surface area (Å²) in [5.41, 5.74) is 7.24. The van der Waals surface area contributed by atoms with Gasteiger partial charge in [-0.25, -0.2) is 0 Å². The molecular formula is C34H38O3. The molecule has 0 radical (unpaired) electrons. The maximum atomic E-state index is 10.7. The first-order valence-corrected chi connectivity index (χ1v) is 12.8. The Bertz CT molecular complexity index is 1380. The van der Waals surface area contributed by atoms with Crippen molar-refractivity contribution >= 4 is 0 Å². The standard InChI is InChI=1S/C34H38O3/c1-22-20-27(14-18-31(22)35)33(3,4)25-10-12-26(13-11-25)34(5,6)28-15-19-32(36)30(21-28)23(2)24-8-16-29(37-7)17-9-24/h8-21,23,35-36H,1-7H3. The first-order chi connectivity index (χ1) is 17.4. The fourth-order valence-corrected chi connectivity index (χ4v) is 5.04. The maximum absolute atomic E-state index is 10.7. The molecule has 0 spiro atoms. The third-order valence-corrected chi connectivity index (χ3v) is 8.08. The normalized spacial score (nSPS) is 12.8. The van der Waals surface area contributed by atoms with Crippen LogP contribution in [0.3, 0.4) is 0 Å². The number of aryl methyl sites for hydroxylation is 1. The highest BCUT2D eigenvalue weighted by Crippen LogP contribution is 2.40. The van der Waals surface area contributed by atoms with Gasteiger partial charge in [0.2, 0.25) is 0 Å². The molecule has 37 heavy (non-hydrogen) atoms. The summed E-state index contributed by atoms with van der Waals surface area (Å²) in [6.07, 6.45) is 0. The van der Waals surface area contributed by atoms with Gasteiger partial charge in [-0.3, -0.25) is 0 Å². The van der Waals surface area contributed by atoms with Gasteiger partial charge in [-0.05, 0) is 64.6 Å². The fraction of sp³-hybridized carbons (Fsp3) is 0.294. The van der Waals surface area contributed by atoms with E-state index in [1.165, 1.54) is 16.7 Å². The molecule has 4 aromatic rings. The Morgan fingerprint density at radius 1 is 0.622 bits per heavy atom. The fourth-order valence-electron chi connectivity index (χ4n) is 5.04. The SMILES string of the molecule is COc1ccc(C(C)c2cc(C(C)(C)c3ccc(C(C)(C)c4ccc(O)c(C)c4)cc3)ccc2O)cc1. The first kappa shape index (κ1) is 26.3. The molecule has 2 N–H and O–H groups in total. The van der Waals surface area contributed by atoms with Crippen molar-refractivity contribution in [3.05, 3.63) is 124 Å². The van der Waals surface area contributed by atoms with Crippen LogP contribution in [0.15, 0.2) is 84.9 Å². The molecule has 3 heteroatoms. The van der Waals surface area contributed by atoms with E-state index in [1.54, 1.807) is 13.2 Å². The highest BCUT2D eigenvalue weighted by atomic mass is 16.5. The summed E-state index contributed by atoms with van der Waals surface area (Å²) in [7, 11) is 1.66. The first-order valence-electron chi connectivity index (χ1n) is 12.8. The van der Waals surface area contributed by atoms with Gasteiger partial charge >= 0.3 is 0 Å². The van der Waals surface area contributed by atoms with Crippen molar-refractivity contribution in [2.45, 2.75) is 58.3 Å². The van der Waals surface area contributed by atoms with E-state index in [0.717, 1.165) is 28.0 Å². The van der Waals surface area contributed by atoms with Crippen molar-refractivity contribution in [3.63, 3.8) is 0 Å². The van der Waals surface area contributed by atoms with E-state index in [2.05, 4.69) is 83.1 Å². The summed E-state index contributed by atoms with van der Waals surface area (Å²) in [5.74, 6) is 1.50. The van der Waals surface area contributed by atoms with E-state index in [-0.39, 0.29) is 16.7 Å². The minimum absolute atomic E-state index is 0.0404. The van der Waals surface area contributed by atoms with Gasteiger partial charge in [0.1, 0.15) is 17.2 Å². The van der Waals surface area contributed by atoms with Gasteiger partial charge in [-0.1, -0.05) is 95.3 Å². The van der Waals surface area contributed by atoms with Gasteiger partial charge in [-0.15, -0.1) is 0 Å². The molecule has 0 aliphatic heterocycles. The lowest BCUT2D eigenvalue weighted by molar-refractivity contribution is 0.414. The van der Waals surface area contributed by atoms with Crippen LogP contribution in [-0.4, -0.2) is 17.3 Å². The number of benzene rings is 4. The molecule has 0 fully saturated rings. The Balaban J connectivity index is 1.64. The minimum Gasteiger partial charge on any atom is -0.508 e. The average molecular weight is 495 g/mol. The van der Waals surface area contributed by atoms with Crippen LogP contribution in [0.25, 0.3) is 0 Å². The largest absolute Gasteiger partial charge is 0.508 e. The number of phenols is 2. The van der Waals surface area contributed by atoms with E-state index < -0.39 is 0 Å². The predicted octanol–water partition coefficient (Wildman–Crippen LogP) is 8.22. The quantitative estimate of drug-likeness (QED) is 0.272. The monoisotopic (exact) mass is 494 g/mol. The molecule has 4 aromatic carbocycles. The van der Waals surface area contributed by atoms with E-state index >= 15 is 0 Å². The van der Waals surface area contributed by atoms with E-state index in [9.17, 15) is 10.2 Å². The number of rotatable bonds is 7. The summed E-state index contributed by atoms with van der Waals surface area (Å²) in [6, 6.07) is 28.7. The summed E-state index contributed by atoms with van der Waals surface area (Å²) in [5, 5.41) is 20.7. The predicted molar refractivity (Wildman–Crippen MR) is 152 cm³/mol. The number of ether oxygens (including phenoxy) is 1. The molecule has 0 saturated heterocycles. The Morgan fingerprint density at radius 2 is 1.08 bits per heavy atom. The van der Waals surface area contributed by atoms with Crippen LogP contribution in [0, 0.1) is 6.92 Å². The molecule has 4 rings (SSSR count). The molecule has 0 aromatic heterocycles. The molecule has 0 aliphatic carbocycles. The van der Waals surface area contributed by atoms with Crippen LogP contribution < -0.4 is 4.74 Å². The molecule has 0 aliphatic rings. The number of hydrogen-bond donors (Lipinski definition) is 2. The smallest absolute Gasteiger partial charge is 0.119 e. The zero-order valence-corrected chi connectivity index (χ0v) is 23.0. The molecule has 1 atom stereocenters. The average Bonchev–Trinajstić information content (AvgIpc) is 2.90. The second-order valence-corrected chi connectivity index (χ2v) is 11.1. The molecule has 192 valence electrons. The third-order valence-electron chi connectivity index (χ3n) is 8.08. The Hall–Kier alpha value is -3.72. The Morgan fingerprint density at radius 3 is 1.57 bits per heavy atom. The molecule has 3 nitrogen and oxygen atoms in total. The summed E-state index contributed by atoms with van der Waals surface area (Å²) < 4.78 is 5.30. The molecule has 0 bridgehead atoms. The summed E-state index contributed by atoms with van der Waals surface area (Å²) in [4.78, 5) is 0. The third kappa shape index (κ3) is 5.09. The lowest BCUT2D eigenvalue weighted by Crippen LogP contribution is -2.22. The highest BCUT2D eigenvalue weighted by molar-refractivity contribution is 5.50. The van der Waals surface area contributed by atoms with E-state index in [4.69, 9.17) is 4.74 Å². The second-order valence-electron chi connectivity index (χ2n) is 11.1. The molecule has 1 unspecified atom stereocenters. The van der Waals surface area contributed by atoms with E-state index in [1.807, 2.05) is 37.3 Å². The summed E-state index contributed by atoms with van der Waals surface area (Å²) in [6.45, 7) is 12.9. The number of methoxy groups -OCH3 is 1. The zero-order valence-electron chi connectivity index (χ0n) is 23.0. The number of aromatic hydroxyl groups is 2. The second kappa shape index (κ2) is 9.97. The van der Waals surface area contributed by atoms with Crippen molar-refractivity contribution in [3.8, 4) is 17.2 Å². The topological polar surface area (TPSA) is 49.7 Å². The van der Waals surface area contributed by atoms with Crippen LogP contribution in [0.1, 0.15) is 79.5 Å². The van der Waals surface area contributed by atoms with Crippen LogP contribution in [0.4, 0.5) is 0 Å². The van der Waals surface area contributed by atoms with Crippen molar-refractivity contribution < 1.29 is 14.9 Å². The molecular weight excluding hydrogens is 456 g/mol. The van der Waals surface area contributed by atoms with Crippen LogP contribution >= 0.6 is 0 Å². The van der Waals surface area contributed by atoms with Crippen LogP contribution in [0.5, 0.6) is 17.2 Å². The van der Waals surface area contributed by atoms with Gasteiger partial charge in [0.15, 0.2) is 0 Å². The molecule has 0 saturated carbocycles. The summed E-state index contributed by atoms with van der Waals surface area (Å²) >= 11 is 0. The van der Waals surface area contributed by atoms with Gasteiger partial charge in [0.25, 0.3) is 0 Å². The van der Waals surface area contributed by atoms with Crippen molar-refractivity contribution in [2.75, 3.05) is 7.11 Å². The Kier molecular flexibility index (Phi) is 7.10. The molecule has 0 amide bonds. The van der Waals surface area contributed by atoms with Gasteiger partial charge in [-0.2, -0.15) is 0 Å². The van der Waals surface area contributed by atoms with Gasteiger partial charge < -0.3 is 14.9 Å². The lowest BCUT2D eigenvalue weighted by atomic mass is 9.74. The lowest BCUT2D eigenvalue weighted by Gasteiger charge is -2.30. The van der Waals surface area contributed by atoms with Crippen LogP contribution in [0.2, 0.25) is 0 Å². The minimum atomic E-state index is -0.250. The number of hydrogen-bond acceptors (Lipinski definition) is 3. The Labute approximate surface area is 221 Å². The van der Waals surface area contributed by atoms with Crippen molar-refractivity contribution in [1.82, 2.24) is 0 Å².